The molecule has 24 heavy (non-hydrogen) atoms. The third-order valence-electron chi connectivity index (χ3n) is 3.22. The average Bonchev–Trinajstić information content (AvgIpc) is 2.56. The van der Waals surface area contributed by atoms with Gasteiger partial charge in [0.25, 0.3) is 5.91 Å². The molecule has 126 valence electrons. The normalized spacial score (nSPS) is 10.6. The van der Waals surface area contributed by atoms with E-state index in [0.29, 0.717) is 11.6 Å². The van der Waals surface area contributed by atoms with E-state index in [1.165, 1.54) is 0 Å². The lowest BCUT2D eigenvalue weighted by Gasteiger charge is -2.08. The zero-order valence-corrected chi connectivity index (χ0v) is 14.4. The molecular weight excluding hydrogens is 326 g/mol. The third-order valence-corrected chi connectivity index (χ3v) is 3.46. The summed E-state index contributed by atoms with van der Waals surface area (Å²) in [5.41, 5.74) is 5.20. The summed E-state index contributed by atoms with van der Waals surface area (Å²) >= 11 is 5.90. The predicted octanol–water partition coefficient (Wildman–Crippen LogP) is 3.61. The number of carbonyl (C=O) groups is 1. The number of nitrogens with zero attached hydrogens (tertiary/aromatic N) is 1. The largest absolute Gasteiger partial charge is 0.494 e. The van der Waals surface area contributed by atoms with Crippen LogP contribution in [-0.4, -0.2) is 25.3 Å². The molecule has 0 aliphatic carbocycles. The summed E-state index contributed by atoms with van der Waals surface area (Å²) < 4.78 is 5.36. The molecule has 0 unspecified atom stereocenters. The van der Waals surface area contributed by atoms with E-state index in [1.54, 1.807) is 12.3 Å². The molecule has 0 aromatic heterocycles. The molecule has 0 aliphatic heterocycles. The molecule has 5 nitrogen and oxygen atoms in total. The van der Waals surface area contributed by atoms with Crippen LogP contribution in [0.5, 0.6) is 5.75 Å². The van der Waals surface area contributed by atoms with Crippen molar-refractivity contribution >= 4 is 29.4 Å². The van der Waals surface area contributed by atoms with Gasteiger partial charge in [0.2, 0.25) is 0 Å². The van der Waals surface area contributed by atoms with E-state index in [-0.39, 0.29) is 12.5 Å². The molecule has 0 spiro atoms. The number of hydrazone groups is 1. The van der Waals surface area contributed by atoms with E-state index in [1.807, 2.05) is 50.2 Å². The molecule has 2 aromatic carbocycles. The zero-order valence-electron chi connectivity index (χ0n) is 13.7. The number of hydrogen-bond acceptors (Lipinski definition) is 4. The fraction of sp³-hybridized carbons (Fsp3) is 0.222. The minimum absolute atomic E-state index is 0.128. The summed E-state index contributed by atoms with van der Waals surface area (Å²) in [6.45, 7) is 4.62. The first-order valence-corrected chi connectivity index (χ1v) is 8.01. The summed E-state index contributed by atoms with van der Waals surface area (Å²) in [7, 11) is 0. The SMILES string of the molecule is CCOc1ccc(/C=N\NC(=O)CNc2ccc(Cl)cc2C)cc1. The summed E-state index contributed by atoms with van der Waals surface area (Å²) in [6, 6.07) is 12.9. The minimum atomic E-state index is -0.230. The molecule has 0 bridgehead atoms. The van der Waals surface area contributed by atoms with E-state index in [9.17, 15) is 4.79 Å². The van der Waals surface area contributed by atoms with Crippen LogP contribution in [-0.2, 0) is 4.79 Å². The van der Waals surface area contributed by atoms with Gasteiger partial charge in [-0.15, -0.1) is 0 Å². The van der Waals surface area contributed by atoms with Crippen molar-refractivity contribution in [2.24, 2.45) is 5.10 Å². The van der Waals surface area contributed by atoms with Crippen LogP contribution in [0.25, 0.3) is 0 Å². The van der Waals surface area contributed by atoms with E-state index in [2.05, 4.69) is 15.8 Å². The maximum absolute atomic E-state index is 11.8. The molecule has 2 N–H and O–H groups in total. The standard InChI is InChI=1S/C18H20ClN3O2/c1-3-24-16-7-4-14(5-8-16)11-21-22-18(23)12-20-17-9-6-15(19)10-13(17)2/h4-11,20H,3,12H2,1-2H3,(H,22,23)/b21-11-. The first kappa shape index (κ1) is 17.8. The van der Waals surface area contributed by atoms with Crippen LogP contribution in [0.15, 0.2) is 47.6 Å². The lowest BCUT2D eigenvalue weighted by molar-refractivity contribution is -0.119. The second kappa shape index (κ2) is 8.93. The van der Waals surface area contributed by atoms with Crippen molar-refractivity contribution in [1.82, 2.24) is 5.43 Å². The summed E-state index contributed by atoms with van der Waals surface area (Å²) in [6.07, 6.45) is 1.58. The molecule has 0 fully saturated rings. The number of anilines is 1. The second-order valence-corrected chi connectivity index (χ2v) is 5.54. The number of carbonyl (C=O) groups excluding carboxylic acids is 1. The van der Waals surface area contributed by atoms with Gasteiger partial charge in [-0.2, -0.15) is 5.10 Å². The van der Waals surface area contributed by atoms with Crippen LogP contribution in [0.3, 0.4) is 0 Å². The van der Waals surface area contributed by atoms with Crippen LogP contribution >= 0.6 is 11.6 Å². The molecule has 2 rings (SSSR count). The monoisotopic (exact) mass is 345 g/mol. The highest BCUT2D eigenvalue weighted by Crippen LogP contribution is 2.19. The van der Waals surface area contributed by atoms with Crippen molar-refractivity contribution in [3.63, 3.8) is 0 Å². The summed E-state index contributed by atoms with van der Waals surface area (Å²) in [5.74, 6) is 0.577. The zero-order chi connectivity index (χ0) is 17.4. The molecule has 0 heterocycles. The highest BCUT2D eigenvalue weighted by atomic mass is 35.5. The summed E-state index contributed by atoms with van der Waals surface area (Å²) in [5, 5.41) is 7.66. The molecule has 1 amide bonds. The smallest absolute Gasteiger partial charge is 0.259 e. The Hall–Kier alpha value is -2.53. The second-order valence-electron chi connectivity index (χ2n) is 5.11. The number of hydrogen-bond donors (Lipinski definition) is 2. The maximum atomic E-state index is 11.8. The van der Waals surface area contributed by atoms with Crippen molar-refractivity contribution in [2.45, 2.75) is 13.8 Å². The van der Waals surface area contributed by atoms with Crippen LogP contribution in [0, 0.1) is 6.92 Å². The maximum Gasteiger partial charge on any atom is 0.259 e. The molecule has 0 saturated heterocycles. The van der Waals surface area contributed by atoms with E-state index >= 15 is 0 Å². The van der Waals surface area contributed by atoms with E-state index < -0.39 is 0 Å². The van der Waals surface area contributed by atoms with Crippen LogP contribution in [0.1, 0.15) is 18.1 Å². The molecule has 6 heteroatoms. The van der Waals surface area contributed by atoms with Gasteiger partial charge in [0, 0.05) is 10.7 Å². The van der Waals surface area contributed by atoms with Gasteiger partial charge < -0.3 is 10.1 Å². The van der Waals surface area contributed by atoms with Gasteiger partial charge in [0.05, 0.1) is 19.4 Å². The average molecular weight is 346 g/mol. The van der Waals surface area contributed by atoms with E-state index in [0.717, 1.165) is 22.6 Å². The Bertz CT molecular complexity index is 715. The van der Waals surface area contributed by atoms with Crippen LogP contribution < -0.4 is 15.5 Å². The Morgan fingerprint density at radius 1 is 1.25 bits per heavy atom. The van der Waals surface area contributed by atoms with Gasteiger partial charge in [0.15, 0.2) is 0 Å². The highest BCUT2D eigenvalue weighted by molar-refractivity contribution is 6.30. The van der Waals surface area contributed by atoms with Crippen LogP contribution in [0.2, 0.25) is 5.02 Å². The van der Waals surface area contributed by atoms with Gasteiger partial charge in [-0.25, -0.2) is 5.43 Å². The molecule has 0 atom stereocenters. The first-order valence-electron chi connectivity index (χ1n) is 7.63. The van der Waals surface area contributed by atoms with Crippen molar-refractivity contribution in [2.75, 3.05) is 18.5 Å². The minimum Gasteiger partial charge on any atom is -0.494 e. The Labute approximate surface area is 146 Å². The lowest BCUT2D eigenvalue weighted by atomic mass is 10.2. The number of benzene rings is 2. The fourth-order valence-electron chi connectivity index (χ4n) is 2.04. The molecule has 0 saturated carbocycles. The van der Waals surface area contributed by atoms with Crippen molar-refractivity contribution < 1.29 is 9.53 Å². The topological polar surface area (TPSA) is 62.7 Å². The molecule has 0 aliphatic rings. The predicted molar refractivity (Wildman–Crippen MR) is 98.0 cm³/mol. The Balaban J connectivity index is 1.80. The lowest BCUT2D eigenvalue weighted by Crippen LogP contribution is -2.26. The van der Waals surface area contributed by atoms with Gasteiger partial charge in [-0.3, -0.25) is 4.79 Å². The number of aryl methyl sites for hydroxylation is 1. The quantitative estimate of drug-likeness (QED) is 0.595. The third kappa shape index (κ3) is 5.59. The Morgan fingerprint density at radius 2 is 2.00 bits per heavy atom. The Kier molecular flexibility index (Phi) is 6.63. The number of ether oxygens (including phenoxy) is 1. The Morgan fingerprint density at radius 3 is 2.67 bits per heavy atom. The number of nitrogens with one attached hydrogen (secondary N) is 2. The van der Waals surface area contributed by atoms with Crippen molar-refractivity contribution in [3.05, 3.63) is 58.6 Å². The van der Waals surface area contributed by atoms with Crippen LogP contribution in [0.4, 0.5) is 5.69 Å². The number of halogens is 1. The fourth-order valence-corrected chi connectivity index (χ4v) is 2.26. The molecule has 2 aromatic rings. The van der Waals surface area contributed by atoms with Crippen molar-refractivity contribution in [3.8, 4) is 5.75 Å². The summed E-state index contributed by atoms with van der Waals surface area (Å²) in [4.78, 5) is 11.8. The van der Waals surface area contributed by atoms with Gasteiger partial charge >= 0.3 is 0 Å². The highest BCUT2D eigenvalue weighted by Gasteiger charge is 2.02. The number of rotatable bonds is 7. The molecular formula is C18H20ClN3O2. The van der Waals surface area contributed by atoms with Gasteiger partial charge in [-0.05, 0) is 67.4 Å². The van der Waals surface area contributed by atoms with Crippen molar-refractivity contribution in [1.29, 1.82) is 0 Å². The van der Waals surface area contributed by atoms with E-state index in [4.69, 9.17) is 16.3 Å². The first-order chi connectivity index (χ1) is 11.6. The number of amides is 1. The van der Waals surface area contributed by atoms with Gasteiger partial charge in [-0.1, -0.05) is 11.6 Å². The van der Waals surface area contributed by atoms with Gasteiger partial charge in [0.1, 0.15) is 5.75 Å². The molecule has 0 radical (unpaired) electrons.